The number of nitrogens with two attached hydrogens (primary N) is 1. The first-order valence-corrected chi connectivity index (χ1v) is 6.74. The van der Waals surface area contributed by atoms with Gasteiger partial charge in [0.1, 0.15) is 5.75 Å². The van der Waals surface area contributed by atoms with Crippen molar-refractivity contribution in [1.29, 1.82) is 0 Å². The third kappa shape index (κ3) is 3.70. The maximum absolute atomic E-state index is 12.3. The van der Waals surface area contributed by atoms with Crippen molar-refractivity contribution in [3.8, 4) is 5.75 Å². The van der Waals surface area contributed by atoms with E-state index in [-0.39, 0.29) is 11.9 Å². The van der Waals surface area contributed by atoms with E-state index in [2.05, 4.69) is 6.92 Å². The van der Waals surface area contributed by atoms with Crippen LogP contribution in [0.2, 0.25) is 0 Å². The first kappa shape index (κ1) is 13.9. The van der Waals surface area contributed by atoms with E-state index in [9.17, 15) is 4.79 Å². The molecule has 1 saturated heterocycles. The Kier molecular flexibility index (Phi) is 4.43. The number of carbonyl (C=O) groups excluding carboxylic acids is 1. The summed E-state index contributed by atoms with van der Waals surface area (Å²) in [7, 11) is 1.64. The molecule has 104 valence electrons. The molecule has 19 heavy (non-hydrogen) atoms. The molecule has 0 radical (unpaired) electrons. The maximum Gasteiger partial charge on any atom is 0.227 e. The average molecular weight is 262 g/mol. The lowest BCUT2D eigenvalue weighted by Crippen LogP contribution is -2.49. The Morgan fingerprint density at radius 1 is 1.37 bits per heavy atom. The second-order valence-corrected chi connectivity index (χ2v) is 5.42. The van der Waals surface area contributed by atoms with Crippen molar-refractivity contribution < 1.29 is 9.53 Å². The molecule has 2 atom stereocenters. The van der Waals surface area contributed by atoms with Gasteiger partial charge in [0.2, 0.25) is 5.91 Å². The molecule has 0 saturated carbocycles. The highest BCUT2D eigenvalue weighted by atomic mass is 16.5. The third-order valence-corrected chi connectivity index (χ3v) is 3.56. The van der Waals surface area contributed by atoms with Crippen molar-refractivity contribution in [2.75, 3.05) is 20.2 Å². The molecule has 1 amide bonds. The molecule has 4 heteroatoms. The minimum Gasteiger partial charge on any atom is -0.497 e. The van der Waals surface area contributed by atoms with Gasteiger partial charge >= 0.3 is 0 Å². The van der Waals surface area contributed by atoms with Gasteiger partial charge in [-0.3, -0.25) is 4.79 Å². The first-order chi connectivity index (χ1) is 9.08. The fourth-order valence-corrected chi connectivity index (χ4v) is 2.63. The molecular weight excluding hydrogens is 240 g/mol. The highest BCUT2D eigenvalue weighted by Crippen LogP contribution is 2.17. The lowest BCUT2D eigenvalue weighted by atomic mass is 9.96. The number of methoxy groups -OCH3 is 1. The van der Waals surface area contributed by atoms with Crippen LogP contribution in [0.1, 0.15) is 18.9 Å². The standard InChI is InChI=1S/C15H22N2O2/c1-11-7-13(16)10-17(9-11)15(18)8-12-3-5-14(19-2)6-4-12/h3-6,11,13H,7-10,16H2,1-2H3. The molecule has 2 rings (SSSR count). The number of piperidine rings is 1. The van der Waals surface area contributed by atoms with Crippen molar-refractivity contribution in [2.24, 2.45) is 11.7 Å². The molecule has 1 aromatic rings. The van der Waals surface area contributed by atoms with Crippen LogP contribution in [0.25, 0.3) is 0 Å². The van der Waals surface area contributed by atoms with Crippen molar-refractivity contribution in [3.63, 3.8) is 0 Å². The lowest BCUT2D eigenvalue weighted by Gasteiger charge is -2.34. The van der Waals surface area contributed by atoms with Crippen LogP contribution in [-0.2, 0) is 11.2 Å². The van der Waals surface area contributed by atoms with Crippen LogP contribution >= 0.6 is 0 Å². The fraction of sp³-hybridized carbons (Fsp3) is 0.533. The average Bonchev–Trinajstić information content (AvgIpc) is 2.38. The van der Waals surface area contributed by atoms with Gasteiger partial charge in [0.25, 0.3) is 0 Å². The summed E-state index contributed by atoms with van der Waals surface area (Å²) in [6, 6.07) is 7.75. The predicted octanol–water partition coefficient (Wildman–Crippen LogP) is 1.43. The Morgan fingerprint density at radius 2 is 2.05 bits per heavy atom. The number of rotatable bonds is 3. The van der Waals surface area contributed by atoms with Gasteiger partial charge in [0, 0.05) is 19.1 Å². The van der Waals surface area contributed by atoms with Crippen LogP contribution in [0.15, 0.2) is 24.3 Å². The molecule has 1 aliphatic rings. The second kappa shape index (κ2) is 6.06. The summed E-state index contributed by atoms with van der Waals surface area (Å²) < 4.78 is 5.11. The maximum atomic E-state index is 12.3. The first-order valence-electron chi connectivity index (χ1n) is 6.74. The number of carbonyl (C=O) groups is 1. The molecule has 0 aliphatic carbocycles. The molecule has 1 heterocycles. The fourth-order valence-electron chi connectivity index (χ4n) is 2.63. The topological polar surface area (TPSA) is 55.6 Å². The molecule has 1 aromatic carbocycles. The van der Waals surface area contributed by atoms with E-state index >= 15 is 0 Å². The second-order valence-electron chi connectivity index (χ2n) is 5.42. The SMILES string of the molecule is COc1ccc(CC(=O)N2CC(C)CC(N)C2)cc1. The van der Waals surface area contributed by atoms with E-state index in [1.165, 1.54) is 0 Å². The lowest BCUT2D eigenvalue weighted by molar-refractivity contribution is -0.132. The molecule has 2 unspecified atom stereocenters. The van der Waals surface area contributed by atoms with Gasteiger partial charge in [-0.1, -0.05) is 19.1 Å². The van der Waals surface area contributed by atoms with Crippen LogP contribution in [0.4, 0.5) is 0 Å². The highest BCUT2D eigenvalue weighted by Gasteiger charge is 2.25. The monoisotopic (exact) mass is 262 g/mol. The summed E-state index contributed by atoms with van der Waals surface area (Å²) >= 11 is 0. The predicted molar refractivity (Wildman–Crippen MR) is 75.0 cm³/mol. The van der Waals surface area contributed by atoms with Crippen LogP contribution in [0.5, 0.6) is 5.75 Å². The van der Waals surface area contributed by atoms with Crippen molar-refractivity contribution in [2.45, 2.75) is 25.8 Å². The largest absolute Gasteiger partial charge is 0.497 e. The Bertz CT molecular complexity index is 420. The number of hydrogen-bond acceptors (Lipinski definition) is 3. The number of benzene rings is 1. The molecule has 1 fully saturated rings. The number of likely N-dealkylation sites (tertiary alicyclic amines) is 1. The molecule has 0 spiro atoms. The number of hydrogen-bond donors (Lipinski definition) is 1. The van der Waals surface area contributed by atoms with Gasteiger partial charge in [-0.2, -0.15) is 0 Å². The summed E-state index contributed by atoms with van der Waals surface area (Å²) in [6.45, 7) is 3.65. The summed E-state index contributed by atoms with van der Waals surface area (Å²) in [5.74, 6) is 1.46. The van der Waals surface area contributed by atoms with E-state index < -0.39 is 0 Å². The van der Waals surface area contributed by atoms with Gasteiger partial charge < -0.3 is 15.4 Å². The van der Waals surface area contributed by atoms with Crippen molar-refractivity contribution in [1.82, 2.24) is 4.90 Å². The van der Waals surface area contributed by atoms with E-state index in [1.54, 1.807) is 7.11 Å². The van der Waals surface area contributed by atoms with Gasteiger partial charge in [0.05, 0.1) is 13.5 Å². The minimum absolute atomic E-state index is 0.114. The zero-order valence-corrected chi connectivity index (χ0v) is 11.6. The zero-order valence-electron chi connectivity index (χ0n) is 11.6. The van der Waals surface area contributed by atoms with Gasteiger partial charge in [-0.05, 0) is 30.0 Å². The Hall–Kier alpha value is -1.55. The molecule has 0 aromatic heterocycles. The van der Waals surface area contributed by atoms with E-state index in [4.69, 9.17) is 10.5 Å². The molecular formula is C15H22N2O2. The summed E-state index contributed by atoms with van der Waals surface area (Å²) in [6.07, 6.45) is 1.44. The smallest absolute Gasteiger partial charge is 0.227 e. The van der Waals surface area contributed by atoms with Gasteiger partial charge in [0.15, 0.2) is 0 Å². The Labute approximate surface area is 114 Å². The molecule has 1 aliphatic heterocycles. The van der Waals surface area contributed by atoms with Crippen molar-refractivity contribution >= 4 is 5.91 Å². The number of amides is 1. The third-order valence-electron chi connectivity index (χ3n) is 3.56. The number of nitrogens with zero attached hydrogens (tertiary/aromatic N) is 1. The van der Waals surface area contributed by atoms with Crippen LogP contribution in [-0.4, -0.2) is 37.0 Å². The molecule has 2 N–H and O–H groups in total. The quantitative estimate of drug-likeness (QED) is 0.896. The molecule has 4 nitrogen and oxygen atoms in total. The van der Waals surface area contributed by atoms with E-state index in [1.807, 2.05) is 29.2 Å². The summed E-state index contributed by atoms with van der Waals surface area (Å²) in [5.41, 5.74) is 6.99. The highest BCUT2D eigenvalue weighted by molar-refractivity contribution is 5.79. The Balaban J connectivity index is 1.96. The van der Waals surface area contributed by atoms with Gasteiger partial charge in [-0.15, -0.1) is 0 Å². The zero-order chi connectivity index (χ0) is 13.8. The minimum atomic E-state index is 0.114. The van der Waals surface area contributed by atoms with Crippen LogP contribution < -0.4 is 10.5 Å². The van der Waals surface area contributed by atoms with Crippen LogP contribution in [0, 0.1) is 5.92 Å². The molecule has 0 bridgehead atoms. The summed E-state index contributed by atoms with van der Waals surface area (Å²) in [5, 5.41) is 0. The van der Waals surface area contributed by atoms with E-state index in [0.29, 0.717) is 18.9 Å². The Morgan fingerprint density at radius 3 is 2.63 bits per heavy atom. The van der Waals surface area contributed by atoms with Gasteiger partial charge in [-0.25, -0.2) is 0 Å². The summed E-state index contributed by atoms with van der Waals surface area (Å²) in [4.78, 5) is 14.1. The van der Waals surface area contributed by atoms with Crippen LogP contribution in [0.3, 0.4) is 0 Å². The normalized spacial score (nSPS) is 23.2. The van der Waals surface area contributed by atoms with E-state index in [0.717, 1.165) is 24.3 Å². The van der Waals surface area contributed by atoms with Crippen molar-refractivity contribution in [3.05, 3.63) is 29.8 Å². The number of ether oxygens (including phenoxy) is 1.